The Labute approximate surface area is 153 Å². The number of hydrogen-bond acceptors (Lipinski definition) is 7. The molecule has 2 aromatic heterocycles. The molecule has 2 aromatic rings. The average Bonchev–Trinajstić information content (AvgIpc) is 2.68. The van der Waals surface area contributed by atoms with Crippen LogP contribution in [0.1, 0.15) is 26.7 Å². The first kappa shape index (κ1) is 17.4. The Bertz CT molecular complexity index is 805. The monoisotopic (exact) mass is 357 g/mol. The molecule has 0 aliphatic carbocycles. The average molecular weight is 357 g/mol. The highest BCUT2D eigenvalue weighted by Crippen LogP contribution is 2.22. The minimum atomic E-state index is -0.234. The van der Waals surface area contributed by atoms with Crippen molar-refractivity contribution >= 4 is 17.0 Å². The molecule has 1 N–H and O–H groups in total. The first-order chi connectivity index (χ1) is 12.6. The SMILES string of the molecule is CC(C)N1CCN(C2CCN(c3cnc4nc[nH]c(=O)c4n3)CC2)CC1. The van der Waals surface area contributed by atoms with Crippen molar-refractivity contribution in [1.82, 2.24) is 29.7 Å². The van der Waals surface area contributed by atoms with E-state index in [1.54, 1.807) is 6.20 Å². The van der Waals surface area contributed by atoms with Crippen LogP contribution in [0.4, 0.5) is 5.82 Å². The van der Waals surface area contributed by atoms with E-state index in [0.29, 0.717) is 23.2 Å². The summed E-state index contributed by atoms with van der Waals surface area (Å²) >= 11 is 0. The Hall–Kier alpha value is -2.06. The highest BCUT2D eigenvalue weighted by atomic mass is 16.1. The maximum absolute atomic E-state index is 11.9. The quantitative estimate of drug-likeness (QED) is 0.866. The van der Waals surface area contributed by atoms with E-state index in [1.165, 1.54) is 32.5 Å². The number of rotatable bonds is 3. The molecule has 0 unspecified atom stereocenters. The summed E-state index contributed by atoms with van der Waals surface area (Å²) in [6.07, 6.45) is 5.36. The molecule has 0 atom stereocenters. The zero-order valence-corrected chi connectivity index (χ0v) is 15.6. The fraction of sp³-hybridized carbons (Fsp3) is 0.667. The lowest BCUT2D eigenvalue weighted by Gasteiger charge is -2.43. The molecule has 2 saturated heterocycles. The predicted octanol–water partition coefficient (Wildman–Crippen LogP) is 0.708. The van der Waals surface area contributed by atoms with Crippen molar-refractivity contribution in [2.45, 2.75) is 38.8 Å². The highest BCUT2D eigenvalue weighted by Gasteiger charge is 2.28. The van der Waals surface area contributed by atoms with Crippen LogP contribution in [0.15, 0.2) is 17.3 Å². The maximum Gasteiger partial charge on any atom is 0.278 e. The van der Waals surface area contributed by atoms with Crippen LogP contribution in [0, 0.1) is 0 Å². The van der Waals surface area contributed by atoms with Crippen LogP contribution in [0.3, 0.4) is 0 Å². The summed E-state index contributed by atoms with van der Waals surface area (Å²) in [5.74, 6) is 0.777. The second-order valence-corrected chi connectivity index (χ2v) is 7.52. The molecular formula is C18H27N7O. The Morgan fingerprint density at radius 2 is 1.81 bits per heavy atom. The van der Waals surface area contributed by atoms with Crippen molar-refractivity contribution in [3.63, 3.8) is 0 Å². The van der Waals surface area contributed by atoms with Crippen LogP contribution in [0.5, 0.6) is 0 Å². The van der Waals surface area contributed by atoms with Gasteiger partial charge in [0.05, 0.1) is 12.5 Å². The maximum atomic E-state index is 11.9. The Morgan fingerprint density at radius 1 is 1.08 bits per heavy atom. The number of piperidine rings is 1. The Morgan fingerprint density at radius 3 is 2.50 bits per heavy atom. The van der Waals surface area contributed by atoms with E-state index in [2.05, 4.69) is 48.5 Å². The largest absolute Gasteiger partial charge is 0.355 e. The van der Waals surface area contributed by atoms with E-state index in [4.69, 9.17) is 0 Å². The van der Waals surface area contributed by atoms with Gasteiger partial charge in [-0.2, -0.15) is 0 Å². The summed E-state index contributed by atoms with van der Waals surface area (Å²) in [6.45, 7) is 11.1. The molecule has 0 amide bonds. The standard InChI is InChI=1S/C18H27N7O/c1-13(2)23-7-9-24(10-8-23)14-3-5-25(6-4-14)15-11-19-17-16(22-15)18(26)21-12-20-17/h11-14H,3-10H2,1-2H3,(H,19,20,21,26). The van der Waals surface area contributed by atoms with Crippen LogP contribution < -0.4 is 10.5 Å². The lowest BCUT2D eigenvalue weighted by molar-refractivity contribution is 0.0692. The third-order valence-corrected chi connectivity index (χ3v) is 5.72. The van der Waals surface area contributed by atoms with E-state index < -0.39 is 0 Å². The van der Waals surface area contributed by atoms with Gasteiger partial charge in [0.1, 0.15) is 5.82 Å². The van der Waals surface area contributed by atoms with Crippen molar-refractivity contribution in [1.29, 1.82) is 0 Å². The summed E-state index contributed by atoms with van der Waals surface area (Å²) in [5, 5.41) is 0. The third kappa shape index (κ3) is 3.43. The second kappa shape index (κ2) is 7.28. The third-order valence-electron chi connectivity index (χ3n) is 5.72. The van der Waals surface area contributed by atoms with Crippen LogP contribution in [-0.4, -0.2) is 81.1 Å². The van der Waals surface area contributed by atoms with Gasteiger partial charge < -0.3 is 9.88 Å². The van der Waals surface area contributed by atoms with Crippen molar-refractivity contribution in [2.75, 3.05) is 44.2 Å². The number of piperazine rings is 1. The van der Waals surface area contributed by atoms with Gasteiger partial charge in [0, 0.05) is 51.4 Å². The van der Waals surface area contributed by atoms with Gasteiger partial charge in [-0.1, -0.05) is 0 Å². The molecule has 2 aliphatic rings. The first-order valence-corrected chi connectivity index (χ1v) is 9.55. The molecule has 0 saturated carbocycles. The fourth-order valence-electron chi connectivity index (χ4n) is 4.07. The van der Waals surface area contributed by atoms with Gasteiger partial charge in [-0.05, 0) is 26.7 Å². The molecule has 0 radical (unpaired) electrons. The summed E-state index contributed by atoms with van der Waals surface area (Å²) in [7, 11) is 0. The second-order valence-electron chi connectivity index (χ2n) is 7.52. The molecule has 140 valence electrons. The molecule has 2 aliphatic heterocycles. The number of aromatic nitrogens is 4. The van der Waals surface area contributed by atoms with E-state index in [1.807, 2.05) is 0 Å². The van der Waals surface area contributed by atoms with Crippen molar-refractivity contribution in [2.24, 2.45) is 0 Å². The van der Waals surface area contributed by atoms with E-state index in [0.717, 1.165) is 31.7 Å². The Balaban J connectivity index is 1.38. The van der Waals surface area contributed by atoms with Crippen LogP contribution >= 0.6 is 0 Å². The molecule has 0 aromatic carbocycles. The number of H-pyrrole nitrogens is 1. The van der Waals surface area contributed by atoms with Crippen LogP contribution in [-0.2, 0) is 0 Å². The molecule has 0 spiro atoms. The smallest absolute Gasteiger partial charge is 0.278 e. The van der Waals surface area contributed by atoms with Gasteiger partial charge in [0.15, 0.2) is 11.2 Å². The van der Waals surface area contributed by atoms with Crippen LogP contribution in [0.2, 0.25) is 0 Å². The highest BCUT2D eigenvalue weighted by molar-refractivity contribution is 5.69. The molecule has 8 heteroatoms. The molecular weight excluding hydrogens is 330 g/mol. The lowest BCUT2D eigenvalue weighted by Crippen LogP contribution is -2.54. The summed E-state index contributed by atoms with van der Waals surface area (Å²) in [4.78, 5) is 34.8. The number of anilines is 1. The van der Waals surface area contributed by atoms with Crippen LogP contribution in [0.25, 0.3) is 11.2 Å². The Kier molecular flexibility index (Phi) is 4.86. The summed E-state index contributed by atoms with van der Waals surface area (Å²) in [5.41, 5.74) is 0.481. The number of aromatic amines is 1. The van der Waals surface area contributed by atoms with Gasteiger partial charge in [-0.15, -0.1) is 0 Å². The normalized spacial score (nSPS) is 21.0. The van der Waals surface area contributed by atoms with E-state index in [9.17, 15) is 4.79 Å². The number of nitrogens with one attached hydrogen (secondary N) is 1. The molecule has 2 fully saturated rings. The van der Waals surface area contributed by atoms with Crippen molar-refractivity contribution in [3.05, 3.63) is 22.9 Å². The number of hydrogen-bond donors (Lipinski definition) is 1. The molecule has 0 bridgehead atoms. The van der Waals surface area contributed by atoms with E-state index in [-0.39, 0.29) is 5.56 Å². The number of fused-ring (bicyclic) bond motifs is 1. The molecule has 4 heterocycles. The number of nitrogens with zero attached hydrogens (tertiary/aromatic N) is 6. The van der Waals surface area contributed by atoms with E-state index >= 15 is 0 Å². The van der Waals surface area contributed by atoms with Gasteiger partial charge >= 0.3 is 0 Å². The topological polar surface area (TPSA) is 81.2 Å². The molecule has 8 nitrogen and oxygen atoms in total. The lowest BCUT2D eigenvalue weighted by atomic mass is 10.0. The summed E-state index contributed by atoms with van der Waals surface area (Å²) < 4.78 is 0. The minimum Gasteiger partial charge on any atom is -0.355 e. The fourth-order valence-corrected chi connectivity index (χ4v) is 4.07. The van der Waals surface area contributed by atoms with Crippen molar-refractivity contribution < 1.29 is 0 Å². The van der Waals surface area contributed by atoms with Gasteiger partial charge in [0.2, 0.25) is 0 Å². The zero-order chi connectivity index (χ0) is 18.1. The predicted molar refractivity (Wildman–Crippen MR) is 101 cm³/mol. The molecule has 26 heavy (non-hydrogen) atoms. The van der Waals surface area contributed by atoms with Gasteiger partial charge in [-0.3, -0.25) is 14.6 Å². The van der Waals surface area contributed by atoms with Gasteiger partial charge in [0.25, 0.3) is 5.56 Å². The summed E-state index contributed by atoms with van der Waals surface area (Å²) in [6, 6.07) is 1.29. The minimum absolute atomic E-state index is 0.234. The zero-order valence-electron chi connectivity index (χ0n) is 15.6. The van der Waals surface area contributed by atoms with Gasteiger partial charge in [-0.25, -0.2) is 15.0 Å². The molecule has 4 rings (SSSR count). The van der Waals surface area contributed by atoms with Crippen molar-refractivity contribution in [3.8, 4) is 0 Å². The first-order valence-electron chi connectivity index (χ1n) is 9.55.